The highest BCUT2D eigenvalue weighted by molar-refractivity contribution is 7.89. The van der Waals surface area contributed by atoms with Gasteiger partial charge in [-0.15, -0.1) is 21.5 Å². The Balaban J connectivity index is 1.31. The van der Waals surface area contributed by atoms with Gasteiger partial charge in [-0.1, -0.05) is 0 Å². The van der Waals surface area contributed by atoms with Gasteiger partial charge in [-0.05, 0) is 63.4 Å². The standard InChI is InChI=1S/C24H31N7O3S2/c1-14-9-22(30(2)29-14)27-24-28-25-13-31(24)17-7-8-20-18(10-17)23(36(33,34)26-12-15-3-4-15)21(35-20)11-19(32)16-5-6-16/h9,13,15-17,26H,3-8,10-12H2,1-2H3,(H,27,28)/t17-/m0/s1. The summed E-state index contributed by atoms with van der Waals surface area (Å²) in [4.78, 5) is 14.8. The van der Waals surface area contributed by atoms with E-state index in [1.165, 1.54) is 11.3 Å². The first-order chi connectivity index (χ1) is 17.3. The Morgan fingerprint density at radius 2 is 2.03 bits per heavy atom. The van der Waals surface area contributed by atoms with Gasteiger partial charge in [0.1, 0.15) is 17.9 Å². The molecule has 10 nitrogen and oxygen atoms in total. The highest BCUT2D eigenvalue weighted by atomic mass is 32.2. The summed E-state index contributed by atoms with van der Waals surface area (Å²) in [5.41, 5.74) is 1.75. The van der Waals surface area contributed by atoms with Crippen molar-refractivity contribution in [2.45, 2.75) is 69.2 Å². The lowest BCUT2D eigenvalue weighted by atomic mass is 9.93. The number of ketones is 1. The number of carbonyl (C=O) groups is 1. The molecule has 192 valence electrons. The first-order valence-corrected chi connectivity index (χ1v) is 14.9. The minimum atomic E-state index is -3.71. The van der Waals surface area contributed by atoms with E-state index in [0.29, 0.717) is 34.6 Å². The summed E-state index contributed by atoms with van der Waals surface area (Å²) in [5.74, 6) is 2.11. The van der Waals surface area contributed by atoms with Crippen LogP contribution in [0.5, 0.6) is 0 Å². The van der Waals surface area contributed by atoms with Crippen LogP contribution in [0, 0.1) is 18.8 Å². The molecule has 12 heteroatoms. The Morgan fingerprint density at radius 3 is 2.72 bits per heavy atom. The third-order valence-electron chi connectivity index (χ3n) is 7.36. The second-order valence-electron chi connectivity index (χ2n) is 10.3. The average Bonchev–Trinajstić information content (AvgIpc) is 3.74. The molecular weight excluding hydrogens is 498 g/mol. The van der Waals surface area contributed by atoms with Gasteiger partial charge in [-0.3, -0.25) is 14.0 Å². The lowest BCUT2D eigenvalue weighted by Crippen LogP contribution is -2.28. The Kier molecular flexibility index (Phi) is 6.00. The molecule has 3 aromatic rings. The Hall–Kier alpha value is -2.57. The van der Waals surface area contributed by atoms with E-state index in [2.05, 4.69) is 25.3 Å². The van der Waals surface area contributed by atoms with E-state index in [1.807, 2.05) is 24.6 Å². The highest BCUT2D eigenvalue weighted by Gasteiger charge is 2.37. The van der Waals surface area contributed by atoms with Crippen LogP contribution in [0.4, 0.5) is 11.8 Å². The SMILES string of the molecule is Cc1cc(Nc2nncn2[C@H]2CCc3sc(CC(=O)C4CC4)c(S(=O)(=O)NCC4CC4)c3C2)n(C)n1. The third-order valence-corrected chi connectivity index (χ3v) is 10.4. The van der Waals surface area contributed by atoms with E-state index in [9.17, 15) is 13.2 Å². The number of nitrogens with zero attached hydrogens (tertiary/aromatic N) is 5. The van der Waals surface area contributed by atoms with Crippen molar-refractivity contribution in [3.8, 4) is 0 Å². The first kappa shape index (κ1) is 23.8. The molecule has 0 saturated heterocycles. The van der Waals surface area contributed by atoms with Crippen molar-refractivity contribution < 1.29 is 13.2 Å². The van der Waals surface area contributed by atoms with Gasteiger partial charge in [0.2, 0.25) is 16.0 Å². The summed E-state index contributed by atoms with van der Waals surface area (Å²) in [6.07, 6.45) is 8.06. The lowest BCUT2D eigenvalue weighted by Gasteiger charge is -2.25. The minimum absolute atomic E-state index is 0.00305. The van der Waals surface area contributed by atoms with Crippen LogP contribution < -0.4 is 10.0 Å². The molecule has 0 radical (unpaired) electrons. The van der Waals surface area contributed by atoms with Gasteiger partial charge in [0.15, 0.2) is 0 Å². The van der Waals surface area contributed by atoms with Crippen LogP contribution in [0.15, 0.2) is 17.3 Å². The monoisotopic (exact) mass is 529 g/mol. The number of hydrogen-bond acceptors (Lipinski definition) is 8. The zero-order chi connectivity index (χ0) is 25.0. The molecule has 6 rings (SSSR count). The summed E-state index contributed by atoms with van der Waals surface area (Å²) in [6, 6.07) is 1.94. The molecule has 3 aliphatic rings. The lowest BCUT2D eigenvalue weighted by molar-refractivity contribution is -0.119. The molecule has 0 unspecified atom stereocenters. The van der Waals surface area contributed by atoms with Crippen LogP contribution in [0.25, 0.3) is 0 Å². The summed E-state index contributed by atoms with van der Waals surface area (Å²) >= 11 is 1.52. The molecule has 3 aromatic heterocycles. The van der Waals surface area contributed by atoms with Crippen LogP contribution in [0.3, 0.4) is 0 Å². The number of thiophene rings is 1. The van der Waals surface area contributed by atoms with E-state index in [1.54, 1.807) is 11.0 Å². The van der Waals surface area contributed by atoms with Crippen LogP contribution >= 0.6 is 11.3 Å². The van der Waals surface area contributed by atoms with E-state index in [-0.39, 0.29) is 24.2 Å². The highest BCUT2D eigenvalue weighted by Crippen LogP contribution is 2.42. The number of anilines is 2. The van der Waals surface area contributed by atoms with Gasteiger partial charge in [0.05, 0.1) is 10.6 Å². The van der Waals surface area contributed by atoms with Crippen molar-refractivity contribution in [2.75, 3.05) is 11.9 Å². The van der Waals surface area contributed by atoms with Crippen molar-refractivity contribution in [1.29, 1.82) is 0 Å². The van der Waals surface area contributed by atoms with Crippen LogP contribution in [-0.4, -0.2) is 45.3 Å². The first-order valence-electron chi connectivity index (χ1n) is 12.6. The Bertz CT molecular complexity index is 1410. The van der Waals surface area contributed by atoms with Gasteiger partial charge >= 0.3 is 0 Å². The molecule has 0 bridgehead atoms. The summed E-state index contributed by atoms with van der Waals surface area (Å²) in [6.45, 7) is 2.40. The largest absolute Gasteiger partial charge is 0.309 e. The fraction of sp³-hybridized carbons (Fsp3) is 0.583. The molecule has 2 fully saturated rings. The molecule has 2 N–H and O–H groups in total. The number of carbonyl (C=O) groups excluding carboxylic acids is 1. The summed E-state index contributed by atoms with van der Waals surface area (Å²) in [7, 11) is -1.84. The number of sulfonamides is 1. The van der Waals surface area contributed by atoms with Gasteiger partial charge in [0, 0.05) is 47.8 Å². The van der Waals surface area contributed by atoms with Gasteiger partial charge in [-0.25, -0.2) is 13.1 Å². The van der Waals surface area contributed by atoms with Crippen LogP contribution in [0.2, 0.25) is 0 Å². The van der Waals surface area contributed by atoms with Crippen LogP contribution in [-0.2, 0) is 41.1 Å². The quantitative estimate of drug-likeness (QED) is 0.414. The molecule has 36 heavy (non-hydrogen) atoms. The van der Waals surface area contributed by atoms with Gasteiger partial charge in [0.25, 0.3) is 0 Å². The number of aromatic nitrogens is 5. The predicted octanol–water partition coefficient (Wildman–Crippen LogP) is 3.07. The normalized spacial score (nSPS) is 19.9. The minimum Gasteiger partial charge on any atom is -0.309 e. The van der Waals surface area contributed by atoms with Crippen molar-refractivity contribution in [3.63, 3.8) is 0 Å². The molecule has 0 aliphatic heterocycles. The molecule has 0 aromatic carbocycles. The molecule has 2 saturated carbocycles. The van der Waals surface area contributed by atoms with Crippen molar-refractivity contribution in [3.05, 3.63) is 33.4 Å². The molecule has 0 amide bonds. The maximum absolute atomic E-state index is 13.6. The van der Waals surface area contributed by atoms with E-state index in [0.717, 1.165) is 60.5 Å². The second-order valence-corrected chi connectivity index (χ2v) is 13.2. The van der Waals surface area contributed by atoms with Crippen molar-refractivity contribution in [1.82, 2.24) is 29.3 Å². The Labute approximate surface area is 214 Å². The zero-order valence-electron chi connectivity index (χ0n) is 20.5. The molecule has 0 spiro atoms. The fourth-order valence-corrected chi connectivity index (χ4v) is 8.31. The summed E-state index contributed by atoms with van der Waals surface area (Å²) in [5, 5.41) is 16.1. The zero-order valence-corrected chi connectivity index (χ0v) is 22.2. The van der Waals surface area contributed by atoms with E-state index < -0.39 is 10.0 Å². The molecule has 1 atom stereocenters. The second kappa shape index (κ2) is 9.07. The Morgan fingerprint density at radius 1 is 1.22 bits per heavy atom. The molecule has 3 heterocycles. The molecular formula is C24H31N7O3S2. The number of rotatable bonds is 10. The number of aryl methyl sites for hydroxylation is 3. The summed E-state index contributed by atoms with van der Waals surface area (Å²) < 4.78 is 33.7. The third kappa shape index (κ3) is 4.73. The van der Waals surface area contributed by atoms with E-state index in [4.69, 9.17) is 0 Å². The number of fused-ring (bicyclic) bond motifs is 1. The number of Topliss-reactive ketones (excluding diaryl/α,β-unsaturated/α-hetero) is 1. The van der Waals surface area contributed by atoms with Gasteiger partial charge < -0.3 is 5.32 Å². The smallest absolute Gasteiger partial charge is 0.241 e. The number of hydrogen-bond donors (Lipinski definition) is 2. The maximum atomic E-state index is 13.6. The van der Waals surface area contributed by atoms with Gasteiger partial charge in [-0.2, -0.15) is 5.10 Å². The maximum Gasteiger partial charge on any atom is 0.241 e. The topological polar surface area (TPSA) is 124 Å². The van der Waals surface area contributed by atoms with Crippen LogP contribution in [0.1, 0.15) is 59.2 Å². The van der Waals surface area contributed by atoms with Crippen molar-refractivity contribution >= 4 is 38.9 Å². The predicted molar refractivity (Wildman–Crippen MR) is 136 cm³/mol. The molecule has 3 aliphatic carbocycles. The number of nitrogens with one attached hydrogen (secondary N) is 2. The average molecular weight is 530 g/mol. The fourth-order valence-electron chi connectivity index (χ4n) is 5.03. The van der Waals surface area contributed by atoms with Crippen molar-refractivity contribution in [2.24, 2.45) is 18.9 Å². The van der Waals surface area contributed by atoms with E-state index >= 15 is 0 Å².